The van der Waals surface area contributed by atoms with Gasteiger partial charge in [-0.2, -0.15) is 0 Å². The molecular formula is C24H33N3O2S. The number of thioether (sulfide) groups is 1. The molecule has 1 saturated heterocycles. The molecular weight excluding hydrogens is 394 g/mol. The van der Waals surface area contributed by atoms with Crippen LogP contribution in [0.2, 0.25) is 0 Å². The highest BCUT2D eigenvalue weighted by Crippen LogP contribution is 2.24. The van der Waals surface area contributed by atoms with Gasteiger partial charge in [-0.15, -0.1) is 0 Å². The molecule has 0 bridgehead atoms. The van der Waals surface area contributed by atoms with E-state index < -0.39 is 0 Å². The Bertz CT molecular complexity index is 823. The molecule has 1 aromatic heterocycles. The molecule has 162 valence electrons. The smallest absolute Gasteiger partial charge is 0.222 e. The van der Waals surface area contributed by atoms with Crippen molar-refractivity contribution in [3.8, 4) is 5.75 Å². The SMILES string of the molecule is COc1ccc(CCC2CCN(C(=O)CCc3c(C)nc(SC)nc3C)CC2)cc1. The van der Waals surface area contributed by atoms with E-state index in [2.05, 4.69) is 22.1 Å². The van der Waals surface area contributed by atoms with E-state index in [9.17, 15) is 4.79 Å². The summed E-state index contributed by atoms with van der Waals surface area (Å²) >= 11 is 1.55. The summed E-state index contributed by atoms with van der Waals surface area (Å²) in [6, 6.07) is 8.35. The van der Waals surface area contributed by atoms with Gasteiger partial charge in [-0.25, -0.2) is 9.97 Å². The van der Waals surface area contributed by atoms with Crippen LogP contribution in [0.3, 0.4) is 0 Å². The fraction of sp³-hybridized carbons (Fsp3) is 0.542. The zero-order valence-electron chi connectivity index (χ0n) is 18.6. The van der Waals surface area contributed by atoms with E-state index in [1.807, 2.05) is 37.1 Å². The first kappa shape index (κ1) is 22.6. The summed E-state index contributed by atoms with van der Waals surface area (Å²) < 4.78 is 5.22. The minimum Gasteiger partial charge on any atom is -0.497 e. The van der Waals surface area contributed by atoms with E-state index in [0.717, 1.165) is 66.6 Å². The van der Waals surface area contributed by atoms with Gasteiger partial charge in [0.05, 0.1) is 7.11 Å². The first-order valence-corrected chi connectivity index (χ1v) is 12.0. The lowest BCUT2D eigenvalue weighted by molar-refractivity contribution is -0.132. The lowest BCUT2D eigenvalue weighted by Gasteiger charge is -2.32. The third kappa shape index (κ3) is 5.97. The van der Waals surface area contributed by atoms with E-state index in [0.29, 0.717) is 12.3 Å². The van der Waals surface area contributed by atoms with Crippen LogP contribution in [0.1, 0.15) is 48.2 Å². The van der Waals surface area contributed by atoms with Gasteiger partial charge in [0.1, 0.15) is 5.75 Å². The van der Waals surface area contributed by atoms with Crippen LogP contribution in [0.25, 0.3) is 0 Å². The van der Waals surface area contributed by atoms with E-state index in [4.69, 9.17) is 4.74 Å². The lowest BCUT2D eigenvalue weighted by atomic mass is 9.90. The molecule has 5 nitrogen and oxygen atoms in total. The number of nitrogens with zero attached hydrogens (tertiary/aromatic N) is 3. The maximum absolute atomic E-state index is 12.7. The van der Waals surface area contributed by atoms with Gasteiger partial charge in [0.15, 0.2) is 5.16 Å². The van der Waals surface area contributed by atoms with Gasteiger partial charge in [-0.3, -0.25) is 4.79 Å². The second-order valence-corrected chi connectivity index (χ2v) is 8.84. The first-order chi connectivity index (χ1) is 14.5. The summed E-state index contributed by atoms with van der Waals surface area (Å²) in [6.07, 6.45) is 7.73. The number of hydrogen-bond donors (Lipinski definition) is 0. The Labute approximate surface area is 184 Å². The maximum atomic E-state index is 12.7. The predicted octanol–water partition coefficient (Wildman–Crippen LogP) is 4.63. The van der Waals surface area contributed by atoms with Gasteiger partial charge in [0, 0.05) is 30.9 Å². The van der Waals surface area contributed by atoms with E-state index in [-0.39, 0.29) is 5.91 Å². The number of carbonyl (C=O) groups excluding carboxylic acids is 1. The molecule has 0 aliphatic carbocycles. The number of rotatable bonds is 8. The van der Waals surface area contributed by atoms with Crippen molar-refractivity contribution in [2.24, 2.45) is 5.92 Å². The number of aryl methyl sites for hydroxylation is 3. The summed E-state index contributed by atoms with van der Waals surface area (Å²) in [5.41, 5.74) is 4.47. The van der Waals surface area contributed by atoms with Crippen molar-refractivity contribution in [1.29, 1.82) is 0 Å². The van der Waals surface area contributed by atoms with Gasteiger partial charge < -0.3 is 9.64 Å². The maximum Gasteiger partial charge on any atom is 0.222 e. The number of amides is 1. The molecule has 2 aromatic rings. The monoisotopic (exact) mass is 427 g/mol. The third-order valence-corrected chi connectivity index (χ3v) is 6.69. The number of piperidine rings is 1. The number of benzene rings is 1. The summed E-state index contributed by atoms with van der Waals surface area (Å²) in [4.78, 5) is 23.8. The number of aromatic nitrogens is 2. The van der Waals surface area contributed by atoms with Crippen LogP contribution in [0, 0.1) is 19.8 Å². The fourth-order valence-electron chi connectivity index (χ4n) is 4.19. The summed E-state index contributed by atoms with van der Waals surface area (Å²) in [6.45, 7) is 5.79. The standard InChI is InChI=1S/C24H33N3O2S/c1-17-22(18(2)26-24(25-17)30-4)11-12-23(28)27-15-13-20(14-16-27)6-5-19-7-9-21(29-3)10-8-19/h7-10,20H,5-6,11-16H2,1-4H3. The van der Waals surface area contributed by atoms with Crippen LogP contribution < -0.4 is 4.74 Å². The molecule has 1 fully saturated rings. The number of hydrogen-bond acceptors (Lipinski definition) is 5. The van der Waals surface area contributed by atoms with Crippen molar-refractivity contribution in [3.63, 3.8) is 0 Å². The van der Waals surface area contributed by atoms with Crippen LogP contribution in [0.4, 0.5) is 0 Å². The van der Waals surface area contributed by atoms with Crippen molar-refractivity contribution in [2.45, 2.75) is 57.5 Å². The van der Waals surface area contributed by atoms with Crippen molar-refractivity contribution in [3.05, 3.63) is 46.8 Å². The normalized spacial score (nSPS) is 14.7. The van der Waals surface area contributed by atoms with Gasteiger partial charge in [-0.05, 0) is 81.4 Å². The predicted molar refractivity (Wildman–Crippen MR) is 122 cm³/mol. The van der Waals surface area contributed by atoms with E-state index in [1.165, 1.54) is 12.0 Å². The van der Waals surface area contributed by atoms with Crippen LogP contribution in [-0.4, -0.2) is 47.2 Å². The Kier molecular flexibility index (Phi) is 8.14. The number of carbonyl (C=O) groups is 1. The average Bonchev–Trinajstić information content (AvgIpc) is 2.77. The highest BCUT2D eigenvalue weighted by Gasteiger charge is 2.23. The molecule has 1 aromatic carbocycles. The van der Waals surface area contributed by atoms with E-state index >= 15 is 0 Å². The first-order valence-electron chi connectivity index (χ1n) is 10.8. The molecule has 2 heterocycles. The largest absolute Gasteiger partial charge is 0.497 e. The van der Waals surface area contributed by atoms with Gasteiger partial charge in [0.2, 0.25) is 5.91 Å². The Hall–Kier alpha value is -2.08. The van der Waals surface area contributed by atoms with Crippen molar-refractivity contribution in [1.82, 2.24) is 14.9 Å². The highest BCUT2D eigenvalue weighted by atomic mass is 32.2. The Morgan fingerprint density at radius 2 is 1.73 bits per heavy atom. The Morgan fingerprint density at radius 1 is 1.10 bits per heavy atom. The summed E-state index contributed by atoms with van der Waals surface area (Å²) in [7, 11) is 1.70. The van der Waals surface area contributed by atoms with Gasteiger partial charge in [0.25, 0.3) is 0 Å². The second-order valence-electron chi connectivity index (χ2n) is 8.07. The van der Waals surface area contributed by atoms with Crippen molar-refractivity contribution in [2.75, 3.05) is 26.5 Å². The van der Waals surface area contributed by atoms with Crippen LogP contribution >= 0.6 is 11.8 Å². The van der Waals surface area contributed by atoms with Gasteiger partial charge >= 0.3 is 0 Å². The van der Waals surface area contributed by atoms with Crippen LogP contribution in [0.5, 0.6) is 5.75 Å². The summed E-state index contributed by atoms with van der Waals surface area (Å²) in [5.74, 6) is 1.87. The minimum absolute atomic E-state index is 0.261. The van der Waals surface area contributed by atoms with Crippen molar-refractivity contribution >= 4 is 17.7 Å². The zero-order valence-corrected chi connectivity index (χ0v) is 19.4. The topological polar surface area (TPSA) is 55.3 Å². The molecule has 6 heteroatoms. The molecule has 0 spiro atoms. The van der Waals surface area contributed by atoms with Crippen molar-refractivity contribution < 1.29 is 9.53 Å². The summed E-state index contributed by atoms with van der Waals surface area (Å²) in [5, 5.41) is 0.803. The molecule has 30 heavy (non-hydrogen) atoms. The van der Waals surface area contributed by atoms with Crippen LogP contribution in [-0.2, 0) is 17.6 Å². The molecule has 0 radical (unpaired) electrons. The zero-order chi connectivity index (χ0) is 21.5. The number of methoxy groups -OCH3 is 1. The second kappa shape index (κ2) is 10.8. The Morgan fingerprint density at radius 3 is 2.30 bits per heavy atom. The average molecular weight is 428 g/mol. The molecule has 0 unspecified atom stereocenters. The van der Waals surface area contributed by atoms with Crippen LogP contribution in [0.15, 0.2) is 29.4 Å². The fourth-order valence-corrected chi connectivity index (χ4v) is 4.64. The quantitative estimate of drug-likeness (QED) is 0.454. The highest BCUT2D eigenvalue weighted by molar-refractivity contribution is 7.98. The minimum atomic E-state index is 0.261. The molecule has 1 aliphatic rings. The number of likely N-dealkylation sites (tertiary alicyclic amines) is 1. The molecule has 1 amide bonds. The third-order valence-electron chi connectivity index (χ3n) is 6.14. The molecule has 0 saturated carbocycles. The lowest BCUT2D eigenvalue weighted by Crippen LogP contribution is -2.38. The molecule has 0 N–H and O–H groups in total. The van der Waals surface area contributed by atoms with Gasteiger partial charge in [-0.1, -0.05) is 23.9 Å². The molecule has 3 rings (SSSR count). The Balaban J connectivity index is 1.43. The number of ether oxygens (including phenoxy) is 1. The molecule has 0 atom stereocenters. The van der Waals surface area contributed by atoms with E-state index in [1.54, 1.807) is 18.9 Å². The molecule has 1 aliphatic heterocycles.